The fraction of sp³-hybridized carbons (Fsp3) is 0.538. The number of sulfonamides is 1. The Hall–Kier alpha value is -0.980. The van der Waals surface area contributed by atoms with Crippen LogP contribution in [0.3, 0.4) is 0 Å². The molecule has 1 rings (SSSR count). The zero-order valence-corrected chi connectivity index (χ0v) is 12.2. The van der Waals surface area contributed by atoms with Crippen LogP contribution in [0.5, 0.6) is 0 Å². The van der Waals surface area contributed by atoms with Gasteiger partial charge in [0.05, 0.1) is 0 Å². The van der Waals surface area contributed by atoms with E-state index in [0.717, 1.165) is 18.5 Å². The summed E-state index contributed by atoms with van der Waals surface area (Å²) in [5, 5.41) is 3.14. The molecule has 0 bridgehead atoms. The molecule has 0 fully saturated rings. The number of benzene rings is 1. The first-order valence-corrected chi connectivity index (χ1v) is 7.98. The van der Waals surface area contributed by atoms with Crippen molar-refractivity contribution in [2.24, 2.45) is 0 Å². The van der Waals surface area contributed by atoms with E-state index in [1.807, 2.05) is 13.8 Å². The first kappa shape index (κ1) is 16.1. The van der Waals surface area contributed by atoms with Crippen LogP contribution >= 0.6 is 0 Å². The summed E-state index contributed by atoms with van der Waals surface area (Å²) in [5.74, 6) is -0.709. The van der Waals surface area contributed by atoms with Crippen LogP contribution < -0.4 is 10.0 Å². The van der Waals surface area contributed by atoms with Crippen LogP contribution in [0.1, 0.15) is 32.3 Å². The van der Waals surface area contributed by atoms with Gasteiger partial charge in [0.1, 0.15) is 10.7 Å². The standard InChI is InChI=1S/C13H21FN2O2S/c1-3-7-15-10-11-5-6-13(12(14)9-11)19(17,18)16-8-4-2/h5-6,9,15-16H,3-4,7-8,10H2,1-2H3. The van der Waals surface area contributed by atoms with Gasteiger partial charge >= 0.3 is 0 Å². The van der Waals surface area contributed by atoms with Gasteiger partial charge in [-0.25, -0.2) is 17.5 Å². The summed E-state index contributed by atoms with van der Waals surface area (Å²) in [5.41, 5.74) is 0.736. The quantitative estimate of drug-likeness (QED) is 0.720. The molecule has 19 heavy (non-hydrogen) atoms. The highest BCUT2D eigenvalue weighted by Gasteiger charge is 2.18. The maximum absolute atomic E-state index is 13.8. The van der Waals surface area contributed by atoms with Gasteiger partial charge in [-0.15, -0.1) is 0 Å². The topological polar surface area (TPSA) is 58.2 Å². The van der Waals surface area contributed by atoms with Gasteiger partial charge in [0, 0.05) is 13.1 Å². The average molecular weight is 288 g/mol. The highest BCUT2D eigenvalue weighted by atomic mass is 32.2. The predicted octanol–water partition coefficient (Wildman–Crippen LogP) is 2.01. The molecule has 0 aromatic heterocycles. The third-order valence-corrected chi connectivity index (χ3v) is 4.08. The molecule has 0 saturated heterocycles. The molecule has 0 unspecified atom stereocenters. The van der Waals surface area contributed by atoms with Crippen LogP contribution in [0.2, 0.25) is 0 Å². The van der Waals surface area contributed by atoms with Crippen molar-refractivity contribution in [1.29, 1.82) is 0 Å². The lowest BCUT2D eigenvalue weighted by atomic mass is 10.2. The summed E-state index contributed by atoms with van der Waals surface area (Å²) in [6, 6.07) is 4.21. The molecule has 2 N–H and O–H groups in total. The van der Waals surface area contributed by atoms with Crippen molar-refractivity contribution in [2.75, 3.05) is 13.1 Å². The molecule has 0 saturated carbocycles. The molecule has 4 nitrogen and oxygen atoms in total. The molecule has 0 aliphatic heterocycles. The Kier molecular flexibility index (Phi) is 6.41. The normalized spacial score (nSPS) is 11.7. The van der Waals surface area contributed by atoms with E-state index in [9.17, 15) is 12.8 Å². The van der Waals surface area contributed by atoms with Gasteiger partial charge in [-0.05, 0) is 37.1 Å². The van der Waals surface area contributed by atoms with E-state index in [0.29, 0.717) is 19.5 Å². The van der Waals surface area contributed by atoms with Crippen molar-refractivity contribution >= 4 is 10.0 Å². The van der Waals surface area contributed by atoms with Crippen LogP contribution in [0, 0.1) is 5.82 Å². The smallest absolute Gasteiger partial charge is 0.243 e. The van der Waals surface area contributed by atoms with E-state index in [1.54, 1.807) is 6.07 Å². The van der Waals surface area contributed by atoms with E-state index in [4.69, 9.17) is 0 Å². The van der Waals surface area contributed by atoms with Crippen LogP contribution in [-0.2, 0) is 16.6 Å². The number of halogens is 1. The van der Waals surface area contributed by atoms with Crippen molar-refractivity contribution in [2.45, 2.75) is 38.1 Å². The largest absolute Gasteiger partial charge is 0.313 e. The monoisotopic (exact) mass is 288 g/mol. The summed E-state index contributed by atoms with van der Waals surface area (Å²) >= 11 is 0. The van der Waals surface area contributed by atoms with Gasteiger partial charge < -0.3 is 5.32 Å². The number of hydrogen-bond donors (Lipinski definition) is 2. The lowest BCUT2D eigenvalue weighted by Crippen LogP contribution is -2.25. The number of rotatable bonds is 8. The Bertz CT molecular complexity index is 503. The first-order chi connectivity index (χ1) is 9.01. The van der Waals surface area contributed by atoms with Crippen molar-refractivity contribution in [3.05, 3.63) is 29.6 Å². The Balaban J connectivity index is 2.82. The van der Waals surface area contributed by atoms with E-state index >= 15 is 0 Å². The van der Waals surface area contributed by atoms with E-state index in [2.05, 4.69) is 10.0 Å². The van der Waals surface area contributed by atoms with Gasteiger partial charge in [-0.3, -0.25) is 0 Å². The molecule has 0 spiro atoms. The van der Waals surface area contributed by atoms with Gasteiger partial charge in [0.15, 0.2) is 0 Å². The number of hydrogen-bond acceptors (Lipinski definition) is 3. The second-order valence-corrected chi connectivity index (χ2v) is 6.07. The molecule has 108 valence electrons. The molecular formula is C13H21FN2O2S. The van der Waals surface area contributed by atoms with Crippen LogP contribution in [0.25, 0.3) is 0 Å². The maximum Gasteiger partial charge on any atom is 0.243 e. The molecule has 0 aliphatic rings. The summed E-state index contributed by atoms with van der Waals surface area (Å²) < 4.78 is 39.8. The third-order valence-electron chi connectivity index (χ3n) is 2.58. The highest BCUT2D eigenvalue weighted by Crippen LogP contribution is 2.16. The Morgan fingerprint density at radius 2 is 1.84 bits per heavy atom. The molecule has 0 aliphatic carbocycles. The van der Waals surface area contributed by atoms with Crippen molar-refractivity contribution < 1.29 is 12.8 Å². The highest BCUT2D eigenvalue weighted by molar-refractivity contribution is 7.89. The molecule has 0 heterocycles. The molecule has 0 amide bonds. The first-order valence-electron chi connectivity index (χ1n) is 6.50. The van der Waals surface area contributed by atoms with Crippen LogP contribution in [-0.4, -0.2) is 21.5 Å². The summed E-state index contributed by atoms with van der Waals surface area (Å²) in [6.07, 6.45) is 1.66. The second-order valence-electron chi connectivity index (χ2n) is 4.34. The molecule has 1 aromatic carbocycles. The van der Waals surface area contributed by atoms with E-state index < -0.39 is 15.8 Å². The zero-order chi connectivity index (χ0) is 14.3. The number of nitrogens with one attached hydrogen (secondary N) is 2. The van der Waals surface area contributed by atoms with Gasteiger partial charge in [0.2, 0.25) is 10.0 Å². The molecule has 6 heteroatoms. The van der Waals surface area contributed by atoms with Crippen molar-refractivity contribution in [3.63, 3.8) is 0 Å². The second kappa shape index (κ2) is 7.57. The maximum atomic E-state index is 13.8. The third kappa shape index (κ3) is 4.89. The fourth-order valence-corrected chi connectivity index (χ4v) is 2.79. The van der Waals surface area contributed by atoms with E-state index in [1.165, 1.54) is 12.1 Å². The lowest BCUT2D eigenvalue weighted by Gasteiger charge is -2.09. The summed E-state index contributed by atoms with van der Waals surface area (Å²) in [6.45, 7) is 5.58. The van der Waals surface area contributed by atoms with Crippen molar-refractivity contribution in [1.82, 2.24) is 10.0 Å². The molecule has 0 radical (unpaired) electrons. The lowest BCUT2D eigenvalue weighted by molar-refractivity contribution is 0.554. The minimum Gasteiger partial charge on any atom is -0.313 e. The minimum absolute atomic E-state index is 0.291. The fourth-order valence-electron chi connectivity index (χ4n) is 1.60. The Morgan fingerprint density at radius 1 is 1.16 bits per heavy atom. The van der Waals surface area contributed by atoms with Crippen LogP contribution in [0.15, 0.2) is 23.1 Å². The predicted molar refractivity (Wildman–Crippen MR) is 73.9 cm³/mol. The van der Waals surface area contributed by atoms with Gasteiger partial charge in [0.25, 0.3) is 0 Å². The van der Waals surface area contributed by atoms with Gasteiger partial charge in [-0.2, -0.15) is 0 Å². The van der Waals surface area contributed by atoms with Crippen LogP contribution in [0.4, 0.5) is 4.39 Å². The van der Waals surface area contributed by atoms with Crippen molar-refractivity contribution in [3.8, 4) is 0 Å². The van der Waals surface area contributed by atoms with Gasteiger partial charge in [-0.1, -0.05) is 19.9 Å². The summed E-state index contributed by atoms with van der Waals surface area (Å²) in [4.78, 5) is -0.291. The molecule has 1 aromatic rings. The minimum atomic E-state index is -3.74. The average Bonchev–Trinajstić information content (AvgIpc) is 2.36. The molecule has 0 atom stereocenters. The SMILES string of the molecule is CCCNCc1ccc(S(=O)(=O)NCCC)c(F)c1. The Labute approximate surface area is 114 Å². The van der Waals surface area contributed by atoms with E-state index in [-0.39, 0.29) is 4.90 Å². The molecular weight excluding hydrogens is 267 g/mol. The Morgan fingerprint density at radius 3 is 2.42 bits per heavy atom. The summed E-state index contributed by atoms with van der Waals surface area (Å²) in [7, 11) is -3.74. The zero-order valence-electron chi connectivity index (χ0n) is 11.4.